The number of hydrogen-bond acceptors (Lipinski definition) is 2. The number of aryl methyl sites for hydroxylation is 1. The molecule has 2 aromatic carbocycles. The van der Waals surface area contributed by atoms with Gasteiger partial charge >= 0.3 is 12.0 Å². The first-order valence-electron chi connectivity index (χ1n) is 6.28. The molecule has 0 bridgehead atoms. The molecule has 0 radical (unpaired) electrons. The summed E-state index contributed by atoms with van der Waals surface area (Å²) in [5, 5.41) is 2.71. The second-order valence-electron chi connectivity index (χ2n) is 4.61. The lowest BCUT2D eigenvalue weighted by atomic mass is 10.2. The van der Waals surface area contributed by atoms with Gasteiger partial charge in [-0.05, 0) is 48.9 Å². The third kappa shape index (κ3) is 4.47. The van der Waals surface area contributed by atoms with Gasteiger partial charge in [-0.25, -0.2) is 0 Å². The number of alkyl halides is 2. The summed E-state index contributed by atoms with van der Waals surface area (Å²) in [6, 6.07) is 8.13. The Balaban J connectivity index is 2.16. The molecule has 0 fully saturated rings. The molecule has 0 saturated heterocycles. The highest BCUT2D eigenvalue weighted by Crippen LogP contribution is 2.30. The number of hydrogen-bond donors (Lipinski definition) is 1. The molecule has 122 valence electrons. The fraction of sp³-hybridized carbons (Fsp3) is 0.133. The van der Waals surface area contributed by atoms with Gasteiger partial charge in [0.15, 0.2) is 0 Å². The Kier molecular flexibility index (Phi) is 5.34. The van der Waals surface area contributed by atoms with Crippen molar-refractivity contribution in [1.29, 1.82) is 0 Å². The number of ether oxygens (including phenoxy) is 1. The smallest absolute Gasteiger partial charge is 0.425 e. The highest BCUT2D eigenvalue weighted by molar-refractivity contribution is 6.36. The molecule has 0 aliphatic heterocycles. The molecule has 3 nitrogen and oxygen atoms in total. The maximum Gasteiger partial charge on any atom is 0.482 e. The molecule has 1 N–H and O–H groups in total. The molecule has 0 spiro atoms. The summed E-state index contributed by atoms with van der Waals surface area (Å²) in [7, 11) is 0. The van der Waals surface area contributed by atoms with E-state index < -0.39 is 12.0 Å². The number of rotatable bonds is 4. The number of nitrogens with one attached hydrogen (secondary N) is 1. The van der Waals surface area contributed by atoms with Crippen molar-refractivity contribution in [3.05, 3.63) is 57.0 Å². The standard InChI is InChI=1S/C15H10Cl3F2NO2/c1-8-6-9(16)3-5-13(8)23-15(19,20)14(22)21-12-4-2-10(17)7-11(12)18/h2-7H,1H3,(H,21,22). The minimum Gasteiger partial charge on any atom is -0.425 e. The lowest BCUT2D eigenvalue weighted by Gasteiger charge is -2.19. The Labute approximate surface area is 146 Å². The fourth-order valence-electron chi connectivity index (χ4n) is 1.70. The van der Waals surface area contributed by atoms with Gasteiger partial charge in [0.05, 0.1) is 10.7 Å². The Hall–Kier alpha value is -1.56. The SMILES string of the molecule is Cc1cc(Cl)ccc1OC(F)(F)C(=O)Nc1ccc(Cl)cc1Cl. The van der Waals surface area contributed by atoms with Crippen LogP contribution in [0.15, 0.2) is 36.4 Å². The summed E-state index contributed by atoms with van der Waals surface area (Å²) in [6.07, 6.45) is -4.10. The highest BCUT2D eigenvalue weighted by atomic mass is 35.5. The Bertz CT molecular complexity index is 753. The summed E-state index contributed by atoms with van der Waals surface area (Å²) in [5.74, 6) is -1.81. The molecule has 2 aromatic rings. The summed E-state index contributed by atoms with van der Waals surface area (Å²) >= 11 is 17.3. The van der Waals surface area contributed by atoms with E-state index in [1.807, 2.05) is 5.32 Å². The zero-order chi connectivity index (χ0) is 17.2. The molecule has 0 unspecified atom stereocenters. The molecule has 0 heterocycles. The first-order chi connectivity index (χ1) is 10.7. The lowest BCUT2D eigenvalue weighted by Crippen LogP contribution is -2.40. The molecule has 0 aromatic heterocycles. The van der Waals surface area contributed by atoms with Gasteiger partial charge in [0.2, 0.25) is 0 Å². The van der Waals surface area contributed by atoms with Gasteiger partial charge in [-0.2, -0.15) is 8.78 Å². The molecule has 1 amide bonds. The molecule has 0 saturated carbocycles. The maximum absolute atomic E-state index is 13.9. The summed E-state index contributed by atoms with van der Waals surface area (Å²) < 4.78 is 32.4. The van der Waals surface area contributed by atoms with E-state index in [1.165, 1.54) is 43.3 Å². The number of benzene rings is 2. The van der Waals surface area contributed by atoms with E-state index in [9.17, 15) is 13.6 Å². The number of amides is 1. The predicted molar refractivity (Wildman–Crippen MR) is 86.9 cm³/mol. The monoisotopic (exact) mass is 379 g/mol. The summed E-state index contributed by atoms with van der Waals surface area (Å²) in [5.41, 5.74) is 0.367. The number of carbonyl (C=O) groups excluding carboxylic acids is 1. The van der Waals surface area contributed by atoms with Gasteiger partial charge < -0.3 is 10.1 Å². The molecule has 23 heavy (non-hydrogen) atoms. The second kappa shape index (κ2) is 6.91. The van der Waals surface area contributed by atoms with Crippen molar-refractivity contribution >= 4 is 46.4 Å². The summed E-state index contributed by atoms with van der Waals surface area (Å²) in [6.45, 7) is 1.53. The summed E-state index contributed by atoms with van der Waals surface area (Å²) in [4.78, 5) is 11.8. The van der Waals surface area contributed by atoms with Crippen molar-refractivity contribution in [1.82, 2.24) is 0 Å². The molecule has 8 heteroatoms. The highest BCUT2D eigenvalue weighted by Gasteiger charge is 2.42. The van der Waals surface area contributed by atoms with Gasteiger partial charge in [0.25, 0.3) is 0 Å². The van der Waals surface area contributed by atoms with Crippen LogP contribution >= 0.6 is 34.8 Å². The predicted octanol–water partition coefficient (Wildman–Crippen LogP) is 5.57. The number of anilines is 1. The first kappa shape index (κ1) is 17.8. The third-order valence-corrected chi connectivity index (χ3v) is 3.60. The van der Waals surface area contributed by atoms with Gasteiger partial charge in [0, 0.05) is 10.0 Å². The second-order valence-corrected chi connectivity index (χ2v) is 5.89. The Morgan fingerprint density at radius 2 is 1.70 bits per heavy atom. The van der Waals surface area contributed by atoms with E-state index in [0.29, 0.717) is 15.6 Å². The van der Waals surface area contributed by atoms with Gasteiger partial charge in [-0.15, -0.1) is 0 Å². The third-order valence-electron chi connectivity index (χ3n) is 2.82. The van der Waals surface area contributed by atoms with E-state index in [2.05, 4.69) is 4.74 Å². The minimum absolute atomic E-state index is 0.00262. The molecular formula is C15H10Cl3F2NO2. The van der Waals surface area contributed by atoms with Crippen LogP contribution in [0.3, 0.4) is 0 Å². The number of halogens is 5. The van der Waals surface area contributed by atoms with Crippen molar-refractivity contribution in [3.63, 3.8) is 0 Å². The van der Waals surface area contributed by atoms with Gasteiger partial charge in [0.1, 0.15) is 5.75 Å². The molecular weight excluding hydrogens is 371 g/mol. The quantitative estimate of drug-likeness (QED) is 0.753. The van der Waals surface area contributed by atoms with Crippen LogP contribution in [0, 0.1) is 6.92 Å². The van der Waals surface area contributed by atoms with Gasteiger partial charge in [-0.3, -0.25) is 4.79 Å². The topological polar surface area (TPSA) is 38.3 Å². The Morgan fingerprint density at radius 1 is 1.09 bits per heavy atom. The van der Waals surface area contributed by atoms with Crippen molar-refractivity contribution in [2.45, 2.75) is 13.0 Å². The molecule has 0 aliphatic rings. The van der Waals surface area contributed by atoms with Crippen molar-refractivity contribution in [2.24, 2.45) is 0 Å². The zero-order valence-electron chi connectivity index (χ0n) is 11.7. The van der Waals surface area contributed by atoms with Crippen LogP contribution in [-0.2, 0) is 4.79 Å². The van der Waals surface area contributed by atoms with Crippen molar-refractivity contribution in [2.75, 3.05) is 5.32 Å². The van der Waals surface area contributed by atoms with Gasteiger partial charge in [-0.1, -0.05) is 34.8 Å². The number of carbonyl (C=O) groups is 1. The van der Waals surface area contributed by atoms with E-state index in [1.54, 1.807) is 0 Å². The lowest BCUT2D eigenvalue weighted by molar-refractivity contribution is -0.187. The van der Waals surface area contributed by atoms with E-state index in [0.717, 1.165) is 0 Å². The Morgan fingerprint density at radius 3 is 2.30 bits per heavy atom. The normalized spacial score (nSPS) is 11.2. The maximum atomic E-state index is 13.9. The largest absolute Gasteiger partial charge is 0.482 e. The van der Waals surface area contributed by atoms with Crippen LogP contribution in [0.5, 0.6) is 5.75 Å². The van der Waals surface area contributed by atoms with Crippen LogP contribution in [0.1, 0.15) is 5.56 Å². The van der Waals surface area contributed by atoms with E-state index in [4.69, 9.17) is 34.8 Å². The van der Waals surface area contributed by atoms with Crippen molar-refractivity contribution in [3.8, 4) is 5.75 Å². The van der Waals surface area contributed by atoms with E-state index >= 15 is 0 Å². The van der Waals surface area contributed by atoms with Crippen LogP contribution in [0.4, 0.5) is 14.5 Å². The first-order valence-corrected chi connectivity index (χ1v) is 7.42. The zero-order valence-corrected chi connectivity index (χ0v) is 13.9. The average Bonchev–Trinajstić information content (AvgIpc) is 2.45. The molecule has 0 atom stereocenters. The fourth-order valence-corrected chi connectivity index (χ4v) is 2.38. The molecule has 2 rings (SSSR count). The van der Waals surface area contributed by atoms with Crippen molar-refractivity contribution < 1.29 is 18.3 Å². The van der Waals surface area contributed by atoms with Crippen LogP contribution in [0.25, 0.3) is 0 Å². The average molecular weight is 381 g/mol. The minimum atomic E-state index is -4.10. The van der Waals surface area contributed by atoms with Crippen LogP contribution in [0.2, 0.25) is 15.1 Å². The van der Waals surface area contributed by atoms with Crippen LogP contribution < -0.4 is 10.1 Å². The van der Waals surface area contributed by atoms with E-state index in [-0.39, 0.29) is 16.5 Å². The molecule has 0 aliphatic carbocycles. The van der Waals surface area contributed by atoms with Crippen LogP contribution in [-0.4, -0.2) is 12.0 Å².